The van der Waals surface area contributed by atoms with Gasteiger partial charge in [-0.15, -0.1) is 0 Å². The van der Waals surface area contributed by atoms with Crippen LogP contribution in [0.5, 0.6) is 0 Å². The highest BCUT2D eigenvalue weighted by molar-refractivity contribution is 5.69. The molecule has 1 aromatic carbocycles. The minimum atomic E-state index is 0.637. The second-order valence-electron chi connectivity index (χ2n) is 5.49. The Balaban J connectivity index is 1.87. The van der Waals surface area contributed by atoms with E-state index >= 15 is 0 Å². The average molecular weight is 262 g/mol. The van der Waals surface area contributed by atoms with Crippen molar-refractivity contribution in [3.05, 3.63) is 53.9 Å². The van der Waals surface area contributed by atoms with Crippen LogP contribution >= 0.6 is 0 Å². The van der Waals surface area contributed by atoms with Gasteiger partial charge in [0.15, 0.2) is 0 Å². The normalized spacial score (nSPS) is 15.8. The Bertz CT molecular complexity index is 617. The SMILES string of the molecule is N#Cc1cnccc1-c1ccc(C2CCCCC2)cc1. The summed E-state index contributed by atoms with van der Waals surface area (Å²) >= 11 is 0. The molecule has 0 amide bonds. The molecule has 1 heterocycles. The highest BCUT2D eigenvalue weighted by Crippen LogP contribution is 2.33. The number of nitrogens with zero attached hydrogens (tertiary/aromatic N) is 2. The molecular formula is C18H18N2. The summed E-state index contributed by atoms with van der Waals surface area (Å²) in [6, 6.07) is 12.9. The number of pyridine rings is 1. The Hall–Kier alpha value is -2.14. The van der Waals surface area contributed by atoms with Crippen LogP contribution in [0, 0.1) is 11.3 Å². The largest absolute Gasteiger partial charge is 0.263 e. The lowest BCUT2D eigenvalue weighted by Gasteiger charge is -2.22. The van der Waals surface area contributed by atoms with Gasteiger partial charge in [0, 0.05) is 18.0 Å². The summed E-state index contributed by atoms with van der Waals surface area (Å²) in [6.07, 6.45) is 10.1. The van der Waals surface area contributed by atoms with Gasteiger partial charge in [-0.3, -0.25) is 4.98 Å². The summed E-state index contributed by atoms with van der Waals surface area (Å²) < 4.78 is 0. The summed E-state index contributed by atoms with van der Waals surface area (Å²) in [5, 5.41) is 9.15. The first-order chi connectivity index (χ1) is 9.88. The number of hydrogen-bond donors (Lipinski definition) is 0. The van der Waals surface area contributed by atoms with Crippen molar-refractivity contribution in [2.75, 3.05) is 0 Å². The molecule has 0 aliphatic heterocycles. The fourth-order valence-electron chi connectivity index (χ4n) is 3.11. The van der Waals surface area contributed by atoms with Gasteiger partial charge in [0.1, 0.15) is 6.07 Å². The van der Waals surface area contributed by atoms with Gasteiger partial charge in [-0.2, -0.15) is 5.26 Å². The van der Waals surface area contributed by atoms with Crippen molar-refractivity contribution in [3.63, 3.8) is 0 Å². The van der Waals surface area contributed by atoms with Crippen LogP contribution in [0.25, 0.3) is 11.1 Å². The number of aromatic nitrogens is 1. The van der Waals surface area contributed by atoms with E-state index in [-0.39, 0.29) is 0 Å². The van der Waals surface area contributed by atoms with E-state index in [1.807, 2.05) is 6.07 Å². The van der Waals surface area contributed by atoms with Crippen LogP contribution < -0.4 is 0 Å². The topological polar surface area (TPSA) is 36.7 Å². The molecule has 0 radical (unpaired) electrons. The third kappa shape index (κ3) is 2.58. The Morgan fingerprint density at radius 3 is 2.45 bits per heavy atom. The van der Waals surface area contributed by atoms with E-state index in [4.69, 9.17) is 5.26 Å². The molecule has 2 heteroatoms. The molecule has 2 aromatic rings. The van der Waals surface area contributed by atoms with Crippen LogP contribution in [0.4, 0.5) is 0 Å². The Labute approximate surface area is 120 Å². The molecule has 0 saturated heterocycles. The number of rotatable bonds is 2. The fourth-order valence-corrected chi connectivity index (χ4v) is 3.11. The summed E-state index contributed by atoms with van der Waals surface area (Å²) in [5.74, 6) is 0.727. The lowest BCUT2D eigenvalue weighted by atomic mass is 9.83. The molecule has 0 N–H and O–H groups in total. The average Bonchev–Trinajstić information content (AvgIpc) is 2.56. The molecule has 1 aliphatic carbocycles. The summed E-state index contributed by atoms with van der Waals surface area (Å²) in [6.45, 7) is 0. The maximum absolute atomic E-state index is 9.15. The molecule has 100 valence electrons. The van der Waals surface area contributed by atoms with E-state index in [1.165, 1.54) is 37.7 Å². The van der Waals surface area contributed by atoms with Gasteiger partial charge in [-0.05, 0) is 36.0 Å². The summed E-state index contributed by atoms with van der Waals surface area (Å²) in [4.78, 5) is 4.01. The van der Waals surface area contributed by atoms with E-state index in [2.05, 4.69) is 35.3 Å². The smallest absolute Gasteiger partial charge is 0.101 e. The van der Waals surface area contributed by atoms with Crippen molar-refractivity contribution >= 4 is 0 Å². The van der Waals surface area contributed by atoms with Crippen LogP contribution in [-0.4, -0.2) is 4.98 Å². The van der Waals surface area contributed by atoms with Crippen molar-refractivity contribution in [2.24, 2.45) is 0 Å². The molecule has 1 aromatic heterocycles. The van der Waals surface area contributed by atoms with Gasteiger partial charge >= 0.3 is 0 Å². The molecule has 20 heavy (non-hydrogen) atoms. The molecule has 2 nitrogen and oxygen atoms in total. The maximum Gasteiger partial charge on any atom is 0.101 e. The Morgan fingerprint density at radius 1 is 1.00 bits per heavy atom. The van der Waals surface area contributed by atoms with Crippen molar-refractivity contribution < 1.29 is 0 Å². The molecular weight excluding hydrogens is 244 g/mol. The van der Waals surface area contributed by atoms with Gasteiger partial charge in [-0.1, -0.05) is 43.5 Å². The van der Waals surface area contributed by atoms with Gasteiger partial charge in [0.05, 0.1) is 5.56 Å². The fraction of sp³-hybridized carbons (Fsp3) is 0.333. The standard InChI is InChI=1S/C18H18N2/c19-12-17-13-20-11-10-18(17)16-8-6-15(7-9-16)14-4-2-1-3-5-14/h6-11,13-14H,1-5H2. The lowest BCUT2D eigenvalue weighted by molar-refractivity contribution is 0.443. The summed E-state index contributed by atoms with van der Waals surface area (Å²) in [7, 11) is 0. The lowest BCUT2D eigenvalue weighted by Crippen LogP contribution is -2.04. The van der Waals surface area contributed by atoms with Crippen molar-refractivity contribution in [2.45, 2.75) is 38.0 Å². The van der Waals surface area contributed by atoms with Gasteiger partial charge in [0.2, 0.25) is 0 Å². The van der Waals surface area contributed by atoms with Crippen LogP contribution in [-0.2, 0) is 0 Å². The maximum atomic E-state index is 9.15. The van der Waals surface area contributed by atoms with E-state index in [0.29, 0.717) is 5.56 Å². The third-order valence-electron chi connectivity index (χ3n) is 4.24. The van der Waals surface area contributed by atoms with Crippen LogP contribution in [0.15, 0.2) is 42.7 Å². The van der Waals surface area contributed by atoms with E-state index in [0.717, 1.165) is 17.0 Å². The molecule has 0 bridgehead atoms. The molecule has 3 rings (SSSR count). The molecule has 0 atom stereocenters. The zero-order valence-corrected chi connectivity index (χ0v) is 11.5. The predicted molar refractivity (Wildman–Crippen MR) is 80.2 cm³/mol. The zero-order valence-electron chi connectivity index (χ0n) is 11.5. The third-order valence-corrected chi connectivity index (χ3v) is 4.24. The second kappa shape index (κ2) is 5.88. The van der Waals surface area contributed by atoms with Gasteiger partial charge in [-0.25, -0.2) is 0 Å². The molecule has 1 saturated carbocycles. The highest BCUT2D eigenvalue weighted by atomic mass is 14.6. The monoisotopic (exact) mass is 262 g/mol. The first-order valence-corrected chi connectivity index (χ1v) is 7.33. The predicted octanol–water partition coefficient (Wildman–Crippen LogP) is 4.67. The molecule has 0 spiro atoms. The van der Waals surface area contributed by atoms with Crippen LogP contribution in [0.2, 0.25) is 0 Å². The molecule has 1 aliphatic rings. The van der Waals surface area contributed by atoms with E-state index in [9.17, 15) is 0 Å². The highest BCUT2D eigenvalue weighted by Gasteiger charge is 2.15. The first-order valence-electron chi connectivity index (χ1n) is 7.33. The van der Waals surface area contributed by atoms with E-state index < -0.39 is 0 Å². The van der Waals surface area contributed by atoms with E-state index in [1.54, 1.807) is 12.4 Å². The minimum Gasteiger partial charge on any atom is -0.263 e. The Kier molecular flexibility index (Phi) is 3.78. The van der Waals surface area contributed by atoms with Crippen molar-refractivity contribution in [3.8, 4) is 17.2 Å². The quantitative estimate of drug-likeness (QED) is 0.788. The molecule has 1 fully saturated rings. The van der Waals surface area contributed by atoms with Crippen molar-refractivity contribution in [1.82, 2.24) is 4.98 Å². The van der Waals surface area contributed by atoms with Gasteiger partial charge < -0.3 is 0 Å². The summed E-state index contributed by atoms with van der Waals surface area (Å²) in [5.41, 5.74) is 4.15. The molecule has 0 unspecified atom stereocenters. The number of benzene rings is 1. The van der Waals surface area contributed by atoms with Crippen LogP contribution in [0.3, 0.4) is 0 Å². The van der Waals surface area contributed by atoms with Crippen LogP contribution in [0.1, 0.15) is 49.1 Å². The zero-order chi connectivity index (χ0) is 13.8. The van der Waals surface area contributed by atoms with Crippen molar-refractivity contribution in [1.29, 1.82) is 5.26 Å². The van der Waals surface area contributed by atoms with Gasteiger partial charge in [0.25, 0.3) is 0 Å². The minimum absolute atomic E-state index is 0.637. The number of hydrogen-bond acceptors (Lipinski definition) is 2. The second-order valence-corrected chi connectivity index (χ2v) is 5.49. The Morgan fingerprint density at radius 2 is 1.75 bits per heavy atom. The first kappa shape index (κ1) is 12.9. The number of nitriles is 1.